The molecule has 0 amide bonds. The first-order chi connectivity index (χ1) is 4.72. The Morgan fingerprint density at radius 2 is 2.10 bits per heavy atom. The lowest BCUT2D eigenvalue weighted by Gasteiger charge is -1.81. The number of nitrogens with zero attached hydrogens (tertiary/aromatic N) is 1. The highest BCUT2D eigenvalue weighted by Gasteiger charge is 1.95. The van der Waals surface area contributed by atoms with Crippen molar-refractivity contribution >= 4 is 5.95 Å². The van der Waals surface area contributed by atoms with E-state index in [9.17, 15) is 0 Å². The fraction of sp³-hybridized carbons (Fsp3) is 0. The molecule has 0 unspecified atom stereocenters. The third-order valence-corrected chi connectivity index (χ3v) is 1.17. The quantitative estimate of drug-likeness (QED) is 0.487. The summed E-state index contributed by atoms with van der Waals surface area (Å²) in [4.78, 5) is 0. The Labute approximate surface area is 57.8 Å². The Balaban J connectivity index is 3.60. The molecule has 3 heteroatoms. The first-order valence-electron chi connectivity index (χ1n) is 2.78. The van der Waals surface area contributed by atoms with Crippen molar-refractivity contribution in [3.63, 3.8) is 0 Å². The van der Waals surface area contributed by atoms with E-state index in [0.717, 1.165) is 0 Å². The molecule has 0 bridgehead atoms. The summed E-state index contributed by atoms with van der Waals surface area (Å²) >= 11 is 0. The lowest BCUT2D eigenvalue weighted by Crippen LogP contribution is -2.36. The zero-order chi connectivity index (χ0) is 7.56. The Morgan fingerprint density at radius 1 is 1.40 bits per heavy atom. The van der Waals surface area contributed by atoms with Crippen molar-refractivity contribution in [1.29, 1.82) is 0 Å². The Hall–Kier alpha value is -1.51. The lowest BCUT2D eigenvalue weighted by atomic mass is 10.4. The van der Waals surface area contributed by atoms with Gasteiger partial charge in [-0.25, -0.2) is 0 Å². The minimum absolute atomic E-state index is 0.294. The van der Waals surface area contributed by atoms with Gasteiger partial charge in [0.25, 0.3) is 5.35 Å². The van der Waals surface area contributed by atoms with Crippen molar-refractivity contribution in [3.8, 4) is 0 Å². The minimum Gasteiger partial charge on any atom is -0.476 e. The first kappa shape index (κ1) is 6.61. The smallest absolute Gasteiger partial charge is 0.350 e. The standard InChI is InChI=1S/C7H7NO2/c1-8-5-3-2-4-6(8)7(9)10/h2-5H,1H2,(H-,9,10)/p+1. The fourth-order valence-corrected chi connectivity index (χ4v) is 0.679. The van der Waals surface area contributed by atoms with Crippen LogP contribution >= 0.6 is 0 Å². The van der Waals surface area contributed by atoms with E-state index >= 15 is 0 Å². The SMILES string of the molecule is C=[n+]1ccccc1=C(O)O. The Bertz CT molecular complexity index is 328. The van der Waals surface area contributed by atoms with Crippen molar-refractivity contribution in [2.75, 3.05) is 0 Å². The zero-order valence-electron chi connectivity index (χ0n) is 5.36. The van der Waals surface area contributed by atoms with E-state index in [0.29, 0.717) is 5.35 Å². The molecular formula is C7H8NO2+. The summed E-state index contributed by atoms with van der Waals surface area (Å²) in [6, 6.07) is 5.01. The monoisotopic (exact) mass is 138 g/mol. The predicted molar refractivity (Wildman–Crippen MR) is 35.7 cm³/mol. The van der Waals surface area contributed by atoms with Crippen LogP contribution in [0.15, 0.2) is 24.4 Å². The second-order valence-electron chi connectivity index (χ2n) is 1.88. The third-order valence-electron chi connectivity index (χ3n) is 1.17. The maximum absolute atomic E-state index is 8.62. The number of aliphatic hydroxyl groups excluding tert-OH is 1. The largest absolute Gasteiger partial charge is 0.476 e. The van der Waals surface area contributed by atoms with Gasteiger partial charge in [0.15, 0.2) is 6.20 Å². The number of hydrogen-bond donors (Lipinski definition) is 2. The molecule has 1 heterocycles. The average Bonchev–Trinajstić information content (AvgIpc) is 1.88. The fourth-order valence-electron chi connectivity index (χ4n) is 0.679. The molecule has 0 spiro atoms. The van der Waals surface area contributed by atoms with E-state index in [4.69, 9.17) is 10.2 Å². The van der Waals surface area contributed by atoms with Crippen LogP contribution in [0.3, 0.4) is 0 Å². The van der Waals surface area contributed by atoms with Gasteiger partial charge in [0.1, 0.15) is 6.72 Å². The molecule has 0 aromatic carbocycles. The second-order valence-corrected chi connectivity index (χ2v) is 1.88. The number of pyridine rings is 1. The van der Waals surface area contributed by atoms with Crippen LogP contribution in [0.25, 0.3) is 5.95 Å². The van der Waals surface area contributed by atoms with Gasteiger partial charge in [0.05, 0.1) is 0 Å². The van der Waals surface area contributed by atoms with E-state index in [-0.39, 0.29) is 0 Å². The summed E-state index contributed by atoms with van der Waals surface area (Å²) in [7, 11) is 0. The molecule has 0 atom stereocenters. The van der Waals surface area contributed by atoms with Crippen molar-refractivity contribution in [2.24, 2.45) is 0 Å². The van der Waals surface area contributed by atoms with Crippen molar-refractivity contribution in [3.05, 3.63) is 36.5 Å². The summed E-state index contributed by atoms with van der Waals surface area (Å²) in [6.45, 7) is 3.52. The minimum atomic E-state index is -0.712. The van der Waals surface area contributed by atoms with Crippen LogP contribution in [0.2, 0.25) is 0 Å². The molecule has 0 aliphatic heterocycles. The van der Waals surface area contributed by atoms with Gasteiger partial charge >= 0.3 is 5.95 Å². The van der Waals surface area contributed by atoms with E-state index in [2.05, 4.69) is 6.72 Å². The van der Waals surface area contributed by atoms with Crippen LogP contribution in [0.4, 0.5) is 0 Å². The molecule has 0 aliphatic rings. The second kappa shape index (κ2) is 2.39. The van der Waals surface area contributed by atoms with Gasteiger partial charge in [0, 0.05) is 12.1 Å². The van der Waals surface area contributed by atoms with Crippen LogP contribution < -0.4 is 9.59 Å². The molecule has 0 saturated carbocycles. The highest BCUT2D eigenvalue weighted by Crippen LogP contribution is 1.72. The Morgan fingerprint density at radius 3 is 2.50 bits per heavy atom. The van der Waals surface area contributed by atoms with Crippen molar-refractivity contribution in [1.82, 2.24) is 0 Å². The normalized spacial score (nSPS) is 9.20. The third kappa shape index (κ3) is 1.07. The van der Waals surface area contributed by atoms with Crippen LogP contribution in [0.1, 0.15) is 0 Å². The Kier molecular flexibility index (Phi) is 1.58. The molecule has 10 heavy (non-hydrogen) atoms. The molecular weight excluding hydrogens is 130 g/mol. The van der Waals surface area contributed by atoms with Crippen molar-refractivity contribution < 1.29 is 14.5 Å². The van der Waals surface area contributed by atoms with Gasteiger partial charge < -0.3 is 10.2 Å². The number of hydrogen-bond acceptors (Lipinski definition) is 2. The highest BCUT2D eigenvalue weighted by atomic mass is 16.5. The maximum Gasteiger partial charge on any atom is 0.350 e. The van der Waals surface area contributed by atoms with E-state index in [1.807, 2.05) is 0 Å². The topological polar surface area (TPSA) is 46.4 Å². The van der Waals surface area contributed by atoms with Gasteiger partial charge in [-0.2, -0.15) is 4.24 Å². The van der Waals surface area contributed by atoms with E-state index in [1.165, 1.54) is 4.24 Å². The average molecular weight is 138 g/mol. The van der Waals surface area contributed by atoms with Gasteiger partial charge in [-0.1, -0.05) is 0 Å². The number of aliphatic hydroxyl groups is 2. The molecule has 3 nitrogen and oxygen atoms in total. The van der Waals surface area contributed by atoms with Gasteiger partial charge in [-0.05, 0) is 6.07 Å². The molecule has 0 fully saturated rings. The van der Waals surface area contributed by atoms with Crippen molar-refractivity contribution in [2.45, 2.75) is 0 Å². The number of rotatable bonds is 0. The summed E-state index contributed by atoms with van der Waals surface area (Å²) in [5.41, 5.74) is 0. The molecule has 2 N–H and O–H groups in total. The highest BCUT2D eigenvalue weighted by molar-refractivity contribution is 5.15. The van der Waals surface area contributed by atoms with Gasteiger partial charge in [-0.3, -0.25) is 0 Å². The molecule has 0 radical (unpaired) electrons. The zero-order valence-corrected chi connectivity index (χ0v) is 5.36. The molecule has 1 aromatic rings. The van der Waals surface area contributed by atoms with Gasteiger partial charge in [-0.15, -0.1) is 0 Å². The lowest BCUT2D eigenvalue weighted by molar-refractivity contribution is -0.515. The summed E-state index contributed by atoms with van der Waals surface area (Å²) in [6.07, 6.45) is 1.63. The summed E-state index contributed by atoms with van der Waals surface area (Å²) < 4.78 is 1.37. The first-order valence-corrected chi connectivity index (χ1v) is 2.78. The summed E-state index contributed by atoms with van der Waals surface area (Å²) in [5.74, 6) is -0.712. The predicted octanol–water partition coefficient (Wildman–Crippen LogP) is -0.205. The molecule has 1 aromatic heterocycles. The molecule has 0 aliphatic carbocycles. The summed E-state index contributed by atoms with van der Waals surface area (Å²) in [5, 5.41) is 17.5. The van der Waals surface area contributed by atoms with Gasteiger partial charge in [0.2, 0.25) is 0 Å². The molecule has 52 valence electrons. The maximum atomic E-state index is 8.62. The number of aromatic nitrogens is 1. The van der Waals surface area contributed by atoms with E-state index in [1.54, 1.807) is 24.4 Å². The molecule has 1 rings (SSSR count). The molecule has 0 saturated heterocycles. The van der Waals surface area contributed by atoms with Crippen LogP contribution in [-0.4, -0.2) is 10.2 Å². The van der Waals surface area contributed by atoms with Crippen LogP contribution in [0.5, 0.6) is 0 Å². The van der Waals surface area contributed by atoms with E-state index < -0.39 is 5.95 Å². The van der Waals surface area contributed by atoms with Crippen LogP contribution in [0, 0.1) is 6.72 Å². The van der Waals surface area contributed by atoms with Crippen LogP contribution in [-0.2, 0) is 0 Å².